The molecule has 0 spiro atoms. The molecule has 6 aromatic carbocycles. The van der Waals surface area contributed by atoms with Gasteiger partial charge in [-0.1, -0.05) is 121 Å². The van der Waals surface area contributed by atoms with E-state index in [4.69, 9.17) is 15.0 Å². The minimum absolute atomic E-state index is 0.623. The van der Waals surface area contributed by atoms with Crippen LogP contribution in [-0.2, 0) is 0 Å². The van der Waals surface area contributed by atoms with Crippen LogP contribution in [0.3, 0.4) is 0 Å². The van der Waals surface area contributed by atoms with E-state index in [1.165, 1.54) is 10.8 Å². The van der Waals surface area contributed by atoms with Gasteiger partial charge >= 0.3 is 0 Å². The number of benzene rings is 6. The van der Waals surface area contributed by atoms with E-state index < -0.39 is 0 Å². The summed E-state index contributed by atoms with van der Waals surface area (Å²) in [6, 6.07) is 54.9. The summed E-state index contributed by atoms with van der Waals surface area (Å²) in [5, 5.41) is 5.60. The van der Waals surface area contributed by atoms with Gasteiger partial charge in [-0.05, 0) is 36.4 Å². The summed E-state index contributed by atoms with van der Waals surface area (Å²) in [4.78, 5) is 15.8. The van der Waals surface area contributed by atoms with Crippen molar-refractivity contribution in [3.05, 3.63) is 164 Å². The summed E-state index contributed by atoms with van der Waals surface area (Å²) in [6.07, 6.45) is 2.03. The monoisotopic (exact) mass is 613 g/mol. The van der Waals surface area contributed by atoms with Crippen molar-refractivity contribution in [1.82, 2.24) is 24.1 Å². The van der Waals surface area contributed by atoms with Gasteiger partial charge in [0.1, 0.15) is 0 Å². The quantitative estimate of drug-likeness (QED) is 0.198. The van der Waals surface area contributed by atoms with E-state index in [-0.39, 0.29) is 0 Å². The van der Waals surface area contributed by atoms with E-state index in [9.17, 15) is 0 Å². The zero-order valence-corrected chi connectivity index (χ0v) is 25.8. The van der Waals surface area contributed by atoms with Crippen molar-refractivity contribution in [3.8, 4) is 34.2 Å². The van der Waals surface area contributed by atoms with Gasteiger partial charge in [0.15, 0.2) is 0 Å². The number of nitrogens with zero attached hydrogens (tertiary/aromatic N) is 5. The van der Waals surface area contributed by atoms with Gasteiger partial charge in [-0.2, -0.15) is 0 Å². The van der Waals surface area contributed by atoms with Gasteiger partial charge in [0.05, 0.1) is 39.0 Å². The molecule has 0 amide bonds. The highest BCUT2D eigenvalue weighted by molar-refractivity contribution is 6.24. The fourth-order valence-electron chi connectivity index (χ4n) is 7.25. The average Bonchev–Trinajstić information content (AvgIpc) is 3.69. The van der Waals surface area contributed by atoms with E-state index in [1.807, 2.05) is 18.3 Å². The molecule has 0 N–H and O–H groups in total. The molecular formula is C43H27N5. The number of para-hydroxylation sites is 3. The van der Waals surface area contributed by atoms with E-state index in [0.29, 0.717) is 5.95 Å². The zero-order valence-electron chi connectivity index (χ0n) is 25.8. The molecule has 0 saturated heterocycles. The topological polar surface area (TPSA) is 48.5 Å². The van der Waals surface area contributed by atoms with E-state index in [2.05, 4.69) is 155 Å². The second-order valence-electron chi connectivity index (χ2n) is 12.1. The van der Waals surface area contributed by atoms with Crippen molar-refractivity contribution < 1.29 is 0 Å². The van der Waals surface area contributed by atoms with Crippen LogP contribution in [0.1, 0.15) is 0 Å². The Bertz CT molecular complexity index is 2760. The van der Waals surface area contributed by atoms with Gasteiger partial charge in [-0.15, -0.1) is 0 Å². The van der Waals surface area contributed by atoms with Gasteiger partial charge in [-0.3, -0.25) is 9.55 Å². The minimum atomic E-state index is 0.623. The molecule has 0 aliphatic rings. The highest BCUT2D eigenvalue weighted by Crippen LogP contribution is 2.41. The van der Waals surface area contributed by atoms with Crippen LogP contribution in [0.4, 0.5) is 0 Å². The number of aromatic nitrogens is 5. The van der Waals surface area contributed by atoms with Crippen molar-refractivity contribution >= 4 is 54.5 Å². The average molecular weight is 614 g/mol. The van der Waals surface area contributed by atoms with Crippen LogP contribution in [0.25, 0.3) is 88.7 Å². The molecule has 0 aliphatic carbocycles. The lowest BCUT2D eigenvalue weighted by Gasteiger charge is -2.13. The van der Waals surface area contributed by atoms with Gasteiger partial charge in [0, 0.05) is 49.9 Å². The maximum atomic E-state index is 5.27. The second kappa shape index (κ2) is 10.5. The van der Waals surface area contributed by atoms with Crippen LogP contribution in [0.5, 0.6) is 0 Å². The maximum Gasteiger partial charge on any atom is 0.235 e. The van der Waals surface area contributed by atoms with Gasteiger partial charge in [-0.25, -0.2) is 9.97 Å². The summed E-state index contributed by atoms with van der Waals surface area (Å²) in [7, 11) is 0. The molecular weight excluding hydrogens is 587 g/mol. The Kier molecular flexibility index (Phi) is 5.81. The molecule has 10 aromatic rings. The highest BCUT2D eigenvalue weighted by Gasteiger charge is 2.22. The Morgan fingerprint density at radius 3 is 1.56 bits per heavy atom. The first-order valence-electron chi connectivity index (χ1n) is 16.1. The molecule has 5 heteroatoms. The SMILES string of the molecule is c1ccc(-c2cc(-c3ccccc3)nc(-n3c4ccccc4c4cnc5c(ccc6c7ccccc7n(-c7ccccc7)c65)c43)n2)cc1. The summed E-state index contributed by atoms with van der Waals surface area (Å²) < 4.78 is 4.58. The molecule has 5 nitrogen and oxygen atoms in total. The van der Waals surface area contributed by atoms with Crippen LogP contribution in [0.15, 0.2) is 164 Å². The maximum absolute atomic E-state index is 5.27. The number of fused-ring (bicyclic) bond motifs is 9. The number of pyridine rings is 1. The summed E-state index contributed by atoms with van der Waals surface area (Å²) >= 11 is 0. The Morgan fingerprint density at radius 2 is 0.917 bits per heavy atom. The van der Waals surface area contributed by atoms with Gasteiger partial charge in [0.25, 0.3) is 0 Å². The molecule has 10 rings (SSSR count). The lowest BCUT2D eigenvalue weighted by molar-refractivity contribution is 0.997. The van der Waals surface area contributed by atoms with Crippen molar-refractivity contribution in [1.29, 1.82) is 0 Å². The summed E-state index contributed by atoms with van der Waals surface area (Å²) in [6.45, 7) is 0. The van der Waals surface area contributed by atoms with Crippen LogP contribution in [-0.4, -0.2) is 24.1 Å². The molecule has 224 valence electrons. The van der Waals surface area contributed by atoms with E-state index in [0.717, 1.165) is 71.9 Å². The third kappa shape index (κ3) is 3.94. The molecule has 4 aromatic heterocycles. The molecule has 0 atom stereocenters. The first-order valence-corrected chi connectivity index (χ1v) is 16.1. The molecule has 48 heavy (non-hydrogen) atoms. The first kappa shape index (κ1) is 26.6. The number of hydrogen-bond donors (Lipinski definition) is 0. The van der Waals surface area contributed by atoms with E-state index in [1.54, 1.807) is 0 Å². The van der Waals surface area contributed by atoms with Crippen molar-refractivity contribution in [2.45, 2.75) is 0 Å². The molecule has 0 radical (unpaired) electrons. The molecule has 0 aliphatic heterocycles. The van der Waals surface area contributed by atoms with Gasteiger partial charge in [0.2, 0.25) is 5.95 Å². The summed E-state index contributed by atoms with van der Waals surface area (Å²) in [5.74, 6) is 0.623. The summed E-state index contributed by atoms with van der Waals surface area (Å²) in [5.41, 5.74) is 10.2. The fraction of sp³-hybridized carbons (Fsp3) is 0. The van der Waals surface area contributed by atoms with Crippen molar-refractivity contribution in [2.24, 2.45) is 0 Å². The molecule has 0 unspecified atom stereocenters. The number of rotatable bonds is 4. The predicted molar refractivity (Wildman–Crippen MR) is 197 cm³/mol. The normalized spacial score (nSPS) is 11.8. The van der Waals surface area contributed by atoms with Crippen molar-refractivity contribution in [2.75, 3.05) is 0 Å². The molecule has 0 bridgehead atoms. The largest absolute Gasteiger partial charge is 0.307 e. The first-order chi connectivity index (χ1) is 23.8. The van der Waals surface area contributed by atoms with Crippen LogP contribution < -0.4 is 0 Å². The molecule has 4 heterocycles. The minimum Gasteiger partial charge on any atom is -0.307 e. The van der Waals surface area contributed by atoms with E-state index >= 15 is 0 Å². The smallest absolute Gasteiger partial charge is 0.235 e. The van der Waals surface area contributed by atoms with Crippen molar-refractivity contribution in [3.63, 3.8) is 0 Å². The van der Waals surface area contributed by atoms with Crippen LogP contribution >= 0.6 is 0 Å². The predicted octanol–water partition coefficient (Wildman–Crippen LogP) is 10.6. The zero-order chi connectivity index (χ0) is 31.6. The Balaban J connectivity index is 1.36. The third-order valence-electron chi connectivity index (χ3n) is 9.37. The number of hydrogen-bond acceptors (Lipinski definition) is 3. The lowest BCUT2D eigenvalue weighted by Crippen LogP contribution is -2.04. The molecule has 0 saturated carbocycles. The fourth-order valence-corrected chi connectivity index (χ4v) is 7.25. The molecule has 0 fully saturated rings. The highest BCUT2D eigenvalue weighted by atomic mass is 15.2. The lowest BCUT2D eigenvalue weighted by atomic mass is 10.1. The van der Waals surface area contributed by atoms with Crippen LogP contribution in [0.2, 0.25) is 0 Å². The second-order valence-corrected chi connectivity index (χ2v) is 12.1. The Morgan fingerprint density at radius 1 is 0.396 bits per heavy atom. The Labute approximate surface area is 276 Å². The van der Waals surface area contributed by atoms with Crippen LogP contribution in [0, 0.1) is 0 Å². The Hall–Kier alpha value is -6.59. The standard InChI is InChI=1S/C43H27N5/c1-4-14-28(15-5-1)36-26-37(29-16-6-2-7-17-29)46-43(45-36)48-39-23-13-11-21-32(39)35-27-44-40-34(41(35)48)25-24-33-31-20-10-12-22-38(31)47(42(33)40)30-18-8-3-9-19-30/h1-27H. The third-order valence-corrected chi connectivity index (χ3v) is 9.37. The van der Waals surface area contributed by atoms with Gasteiger partial charge < -0.3 is 4.57 Å².